The molecule has 0 saturated carbocycles. The number of hydrogen-bond donors (Lipinski definition) is 1. The van der Waals surface area contributed by atoms with Crippen LogP contribution < -0.4 is 14.8 Å². The van der Waals surface area contributed by atoms with Gasteiger partial charge in [-0.15, -0.1) is 0 Å². The van der Waals surface area contributed by atoms with E-state index >= 15 is 0 Å². The SMILES string of the molecule is CNC(=O)CCC(=O)N1CCc2cc(OCc3ccc(OC(C)C)c(C#N)c3)ccc2C1. The van der Waals surface area contributed by atoms with Crippen molar-refractivity contribution in [3.8, 4) is 17.6 Å². The van der Waals surface area contributed by atoms with E-state index in [1.165, 1.54) is 0 Å². The highest BCUT2D eigenvalue weighted by Crippen LogP contribution is 2.26. The Hall–Kier alpha value is -3.53. The maximum Gasteiger partial charge on any atom is 0.223 e. The normalized spacial score (nSPS) is 12.7. The number of hydrogen-bond acceptors (Lipinski definition) is 5. The molecule has 1 N–H and O–H groups in total. The van der Waals surface area contributed by atoms with Gasteiger partial charge in [0.05, 0.1) is 11.7 Å². The Labute approximate surface area is 188 Å². The summed E-state index contributed by atoms with van der Waals surface area (Å²) in [6.07, 6.45) is 1.19. The van der Waals surface area contributed by atoms with Crippen molar-refractivity contribution in [1.82, 2.24) is 10.2 Å². The summed E-state index contributed by atoms with van der Waals surface area (Å²) in [5, 5.41) is 11.9. The molecular weight excluding hydrogens is 406 g/mol. The van der Waals surface area contributed by atoms with Crippen molar-refractivity contribution in [3.63, 3.8) is 0 Å². The Kier molecular flexibility index (Phi) is 7.72. The molecule has 1 aliphatic rings. The minimum absolute atomic E-state index is 0.00162. The van der Waals surface area contributed by atoms with Gasteiger partial charge in [-0.2, -0.15) is 5.26 Å². The van der Waals surface area contributed by atoms with E-state index in [0.29, 0.717) is 31.0 Å². The molecule has 1 aliphatic heterocycles. The number of carbonyl (C=O) groups excluding carboxylic acids is 2. The molecular formula is C25H29N3O4. The summed E-state index contributed by atoms with van der Waals surface area (Å²) < 4.78 is 11.6. The van der Waals surface area contributed by atoms with Gasteiger partial charge in [-0.1, -0.05) is 12.1 Å². The number of benzene rings is 2. The van der Waals surface area contributed by atoms with Gasteiger partial charge in [0, 0.05) is 33.0 Å². The Morgan fingerprint density at radius 1 is 1.16 bits per heavy atom. The van der Waals surface area contributed by atoms with Crippen molar-refractivity contribution >= 4 is 11.8 Å². The van der Waals surface area contributed by atoms with Crippen molar-refractivity contribution in [2.24, 2.45) is 0 Å². The van der Waals surface area contributed by atoms with Crippen molar-refractivity contribution in [3.05, 3.63) is 58.7 Å². The maximum atomic E-state index is 12.4. The zero-order chi connectivity index (χ0) is 23.1. The molecule has 0 atom stereocenters. The molecule has 0 spiro atoms. The lowest BCUT2D eigenvalue weighted by Gasteiger charge is -2.29. The topological polar surface area (TPSA) is 91.7 Å². The lowest BCUT2D eigenvalue weighted by atomic mass is 9.99. The van der Waals surface area contributed by atoms with E-state index in [9.17, 15) is 14.9 Å². The van der Waals surface area contributed by atoms with Crippen LogP contribution in [0.15, 0.2) is 36.4 Å². The molecule has 0 saturated heterocycles. The van der Waals surface area contributed by atoms with E-state index in [4.69, 9.17) is 9.47 Å². The van der Waals surface area contributed by atoms with Crippen LogP contribution in [0.4, 0.5) is 0 Å². The van der Waals surface area contributed by atoms with Gasteiger partial charge in [0.15, 0.2) is 0 Å². The first-order valence-corrected chi connectivity index (χ1v) is 10.8. The van der Waals surface area contributed by atoms with Gasteiger partial charge >= 0.3 is 0 Å². The lowest BCUT2D eigenvalue weighted by molar-refractivity contribution is -0.134. The van der Waals surface area contributed by atoms with Crippen molar-refractivity contribution in [2.75, 3.05) is 13.6 Å². The molecule has 0 bridgehead atoms. The number of nitrogens with one attached hydrogen (secondary N) is 1. The average molecular weight is 436 g/mol. The molecule has 2 amide bonds. The lowest BCUT2D eigenvalue weighted by Crippen LogP contribution is -2.36. The summed E-state index contributed by atoms with van der Waals surface area (Å²) in [6, 6.07) is 13.6. The second-order valence-electron chi connectivity index (χ2n) is 8.07. The third kappa shape index (κ3) is 6.01. The maximum absolute atomic E-state index is 12.4. The Balaban J connectivity index is 1.59. The van der Waals surface area contributed by atoms with Gasteiger partial charge in [0.25, 0.3) is 0 Å². The van der Waals surface area contributed by atoms with Gasteiger partial charge in [-0.05, 0) is 61.2 Å². The first kappa shape index (κ1) is 23.1. The van der Waals surface area contributed by atoms with Crippen LogP contribution in [0, 0.1) is 11.3 Å². The van der Waals surface area contributed by atoms with Crippen LogP contribution in [0.3, 0.4) is 0 Å². The minimum Gasteiger partial charge on any atom is -0.490 e. The molecule has 1 heterocycles. The Bertz CT molecular complexity index is 1030. The molecule has 7 heteroatoms. The molecule has 0 aromatic heterocycles. The number of carbonyl (C=O) groups is 2. The molecule has 2 aromatic rings. The second-order valence-corrected chi connectivity index (χ2v) is 8.07. The number of amides is 2. The number of ether oxygens (including phenoxy) is 2. The van der Waals surface area contributed by atoms with E-state index in [2.05, 4.69) is 11.4 Å². The first-order chi connectivity index (χ1) is 15.4. The summed E-state index contributed by atoms with van der Waals surface area (Å²) in [5.41, 5.74) is 3.64. The second kappa shape index (κ2) is 10.7. The summed E-state index contributed by atoms with van der Waals surface area (Å²) in [6.45, 7) is 5.37. The molecule has 3 rings (SSSR count). The molecule has 0 aliphatic carbocycles. The Morgan fingerprint density at radius 2 is 1.97 bits per heavy atom. The highest BCUT2D eigenvalue weighted by molar-refractivity contribution is 5.83. The monoisotopic (exact) mass is 435 g/mol. The van der Waals surface area contributed by atoms with Gasteiger partial charge in [0.1, 0.15) is 24.2 Å². The standard InChI is InChI=1S/C25H29N3O4/c1-17(2)32-23-7-4-18(12-21(23)14-26)16-31-22-6-5-20-15-28(11-10-19(20)13-22)25(30)9-8-24(29)27-3/h4-7,12-13,17H,8-11,15-16H2,1-3H3,(H,27,29). The predicted molar refractivity (Wildman–Crippen MR) is 120 cm³/mol. The minimum atomic E-state index is -0.124. The molecule has 0 fully saturated rings. The summed E-state index contributed by atoms with van der Waals surface area (Å²) >= 11 is 0. The van der Waals surface area contributed by atoms with Crippen LogP contribution in [0.2, 0.25) is 0 Å². The molecule has 0 radical (unpaired) electrons. The number of nitriles is 1. The van der Waals surface area contributed by atoms with Crippen LogP contribution in [0.1, 0.15) is 48.9 Å². The van der Waals surface area contributed by atoms with E-state index in [0.717, 1.165) is 28.9 Å². The fourth-order valence-electron chi connectivity index (χ4n) is 3.61. The van der Waals surface area contributed by atoms with Crippen LogP contribution in [0.5, 0.6) is 11.5 Å². The Morgan fingerprint density at radius 3 is 2.69 bits per heavy atom. The molecule has 2 aromatic carbocycles. The number of rotatable bonds is 8. The number of fused-ring (bicyclic) bond motifs is 1. The summed E-state index contributed by atoms with van der Waals surface area (Å²) in [7, 11) is 1.57. The molecule has 32 heavy (non-hydrogen) atoms. The van der Waals surface area contributed by atoms with E-state index in [1.807, 2.05) is 38.1 Å². The van der Waals surface area contributed by atoms with Crippen LogP contribution >= 0.6 is 0 Å². The molecule has 168 valence electrons. The van der Waals surface area contributed by atoms with Crippen molar-refractivity contribution in [1.29, 1.82) is 5.26 Å². The fourth-order valence-corrected chi connectivity index (χ4v) is 3.61. The number of nitrogens with zero attached hydrogens (tertiary/aromatic N) is 2. The van der Waals surface area contributed by atoms with Gasteiger partial charge < -0.3 is 19.7 Å². The molecule has 0 unspecified atom stereocenters. The third-order valence-corrected chi connectivity index (χ3v) is 5.32. The van der Waals surface area contributed by atoms with Crippen LogP contribution in [-0.2, 0) is 29.2 Å². The van der Waals surface area contributed by atoms with Crippen molar-refractivity contribution in [2.45, 2.75) is 52.4 Å². The summed E-state index contributed by atoms with van der Waals surface area (Å²) in [4.78, 5) is 25.6. The zero-order valence-electron chi connectivity index (χ0n) is 18.8. The zero-order valence-corrected chi connectivity index (χ0v) is 18.8. The predicted octanol–water partition coefficient (Wildman–Crippen LogP) is 3.34. The highest BCUT2D eigenvalue weighted by atomic mass is 16.5. The fraction of sp³-hybridized carbons (Fsp3) is 0.400. The van der Waals surface area contributed by atoms with Gasteiger partial charge in [-0.3, -0.25) is 9.59 Å². The van der Waals surface area contributed by atoms with Crippen molar-refractivity contribution < 1.29 is 19.1 Å². The van der Waals surface area contributed by atoms with E-state index < -0.39 is 0 Å². The molecule has 7 nitrogen and oxygen atoms in total. The van der Waals surface area contributed by atoms with Crippen LogP contribution in [0.25, 0.3) is 0 Å². The van der Waals surface area contributed by atoms with Gasteiger partial charge in [-0.25, -0.2) is 0 Å². The van der Waals surface area contributed by atoms with Crippen LogP contribution in [-0.4, -0.2) is 36.4 Å². The van der Waals surface area contributed by atoms with E-state index in [1.54, 1.807) is 24.1 Å². The van der Waals surface area contributed by atoms with E-state index in [-0.39, 0.29) is 30.8 Å². The van der Waals surface area contributed by atoms with Gasteiger partial charge in [0.2, 0.25) is 11.8 Å². The highest BCUT2D eigenvalue weighted by Gasteiger charge is 2.21. The average Bonchev–Trinajstić information content (AvgIpc) is 2.80. The quantitative estimate of drug-likeness (QED) is 0.687. The smallest absolute Gasteiger partial charge is 0.223 e. The third-order valence-electron chi connectivity index (χ3n) is 5.32. The first-order valence-electron chi connectivity index (χ1n) is 10.8. The largest absolute Gasteiger partial charge is 0.490 e. The summed E-state index contributed by atoms with van der Waals surface area (Å²) in [5.74, 6) is 1.21.